The molecule has 2 fully saturated rings. The van der Waals surface area contributed by atoms with Crippen molar-refractivity contribution in [3.63, 3.8) is 0 Å². The Morgan fingerprint density at radius 1 is 1.05 bits per heavy atom. The summed E-state index contributed by atoms with van der Waals surface area (Å²) in [5.41, 5.74) is 5.02. The lowest BCUT2D eigenvalue weighted by Crippen LogP contribution is -2.39. The maximum absolute atomic E-state index is 14.0. The van der Waals surface area contributed by atoms with Gasteiger partial charge in [-0.1, -0.05) is 18.2 Å². The van der Waals surface area contributed by atoms with Crippen LogP contribution in [0.15, 0.2) is 60.8 Å². The van der Waals surface area contributed by atoms with Gasteiger partial charge in [-0.3, -0.25) is 4.79 Å². The molecule has 39 heavy (non-hydrogen) atoms. The SMILES string of the molecule is COc1ccc(C2CN(c3ccc4c(c3)N(C(=O)[C@H]3CC[C@H](OC)CC3)Cc3cccnc3N4)CCO2)cc1. The molecule has 3 heterocycles. The van der Waals surface area contributed by atoms with E-state index in [2.05, 4.69) is 45.5 Å². The highest BCUT2D eigenvalue weighted by molar-refractivity contribution is 6.00. The minimum absolute atomic E-state index is 0.00559. The van der Waals surface area contributed by atoms with E-state index < -0.39 is 0 Å². The molecule has 6 rings (SSSR count). The largest absolute Gasteiger partial charge is 0.497 e. The summed E-state index contributed by atoms with van der Waals surface area (Å²) in [5.74, 6) is 1.81. The zero-order valence-corrected chi connectivity index (χ0v) is 22.6. The number of nitrogens with zero attached hydrogens (tertiary/aromatic N) is 3. The standard InChI is InChI=1S/C31H36N4O4/c1-37-25-10-5-21(6-11-25)29-20-34(16-17-39-29)24-9-14-27-28(18-24)35(19-23-4-3-15-32-30(23)33-27)31(36)22-7-12-26(38-2)13-8-22/h3-6,9-11,14-15,18,22,26,29H,7-8,12-13,16-17,19-20H2,1-2H3,(H,32,33)/t22-,26-,29?. The molecule has 2 aliphatic heterocycles. The molecule has 1 unspecified atom stereocenters. The van der Waals surface area contributed by atoms with Crippen molar-refractivity contribution >= 4 is 28.8 Å². The highest BCUT2D eigenvalue weighted by Gasteiger charge is 2.33. The van der Waals surface area contributed by atoms with Gasteiger partial charge in [0.25, 0.3) is 0 Å². The summed E-state index contributed by atoms with van der Waals surface area (Å²) in [6.07, 6.45) is 5.55. The number of fused-ring (bicyclic) bond motifs is 2. The summed E-state index contributed by atoms with van der Waals surface area (Å²) in [5, 5.41) is 3.50. The van der Waals surface area contributed by atoms with Crippen molar-refractivity contribution in [2.75, 3.05) is 49.0 Å². The number of hydrogen-bond donors (Lipinski definition) is 1. The monoisotopic (exact) mass is 528 g/mol. The molecule has 1 atom stereocenters. The van der Waals surface area contributed by atoms with Gasteiger partial charge in [-0.2, -0.15) is 0 Å². The van der Waals surface area contributed by atoms with Gasteiger partial charge in [0.1, 0.15) is 17.7 Å². The van der Waals surface area contributed by atoms with Gasteiger partial charge in [0, 0.05) is 43.6 Å². The Morgan fingerprint density at radius 2 is 1.87 bits per heavy atom. The van der Waals surface area contributed by atoms with E-state index in [4.69, 9.17) is 14.2 Å². The quantitative estimate of drug-likeness (QED) is 0.471. The molecule has 1 N–H and O–H groups in total. The fourth-order valence-corrected chi connectivity index (χ4v) is 5.97. The summed E-state index contributed by atoms with van der Waals surface area (Å²) < 4.78 is 17.0. The normalized spacial score (nSPS) is 22.8. The van der Waals surface area contributed by atoms with Crippen molar-refractivity contribution in [2.45, 2.75) is 44.4 Å². The molecule has 8 heteroatoms. The maximum atomic E-state index is 14.0. The van der Waals surface area contributed by atoms with E-state index in [-0.39, 0.29) is 24.0 Å². The van der Waals surface area contributed by atoms with Crippen LogP contribution < -0.4 is 19.9 Å². The van der Waals surface area contributed by atoms with Gasteiger partial charge in [-0.05, 0) is 67.6 Å². The molecule has 1 saturated heterocycles. The van der Waals surface area contributed by atoms with E-state index in [9.17, 15) is 4.79 Å². The molecule has 3 aliphatic rings. The molecule has 1 aliphatic carbocycles. The molecule has 1 saturated carbocycles. The molecule has 1 amide bonds. The van der Waals surface area contributed by atoms with Crippen molar-refractivity contribution in [2.24, 2.45) is 5.92 Å². The number of aromatic nitrogens is 1. The smallest absolute Gasteiger partial charge is 0.230 e. The van der Waals surface area contributed by atoms with Crippen LogP contribution in [0, 0.1) is 5.92 Å². The second-order valence-electron chi connectivity index (χ2n) is 10.5. The minimum atomic E-state index is -0.0382. The first-order valence-electron chi connectivity index (χ1n) is 13.8. The number of carbonyl (C=O) groups excluding carboxylic acids is 1. The first-order chi connectivity index (χ1) is 19.1. The zero-order chi connectivity index (χ0) is 26.8. The van der Waals surface area contributed by atoms with Gasteiger partial charge in [0.05, 0.1) is 37.7 Å². The van der Waals surface area contributed by atoms with Crippen LogP contribution in [0.5, 0.6) is 5.75 Å². The molecule has 8 nitrogen and oxygen atoms in total. The van der Waals surface area contributed by atoms with Crippen molar-refractivity contribution in [3.05, 3.63) is 71.9 Å². The minimum Gasteiger partial charge on any atom is -0.497 e. The lowest BCUT2D eigenvalue weighted by Gasteiger charge is -2.36. The lowest BCUT2D eigenvalue weighted by molar-refractivity contribution is -0.124. The Balaban J connectivity index is 1.29. The van der Waals surface area contributed by atoms with Crippen molar-refractivity contribution < 1.29 is 19.0 Å². The van der Waals surface area contributed by atoms with Crippen LogP contribution >= 0.6 is 0 Å². The Kier molecular flexibility index (Phi) is 7.39. The fraction of sp³-hybridized carbons (Fsp3) is 0.419. The molecule has 0 spiro atoms. The third-order valence-corrected chi connectivity index (χ3v) is 8.29. The van der Waals surface area contributed by atoms with E-state index in [1.807, 2.05) is 29.2 Å². The summed E-state index contributed by atoms with van der Waals surface area (Å²) in [7, 11) is 3.44. The van der Waals surface area contributed by atoms with Crippen molar-refractivity contribution in [1.29, 1.82) is 0 Å². The third-order valence-electron chi connectivity index (χ3n) is 8.29. The molecule has 0 bridgehead atoms. The Morgan fingerprint density at radius 3 is 2.64 bits per heavy atom. The Labute approximate surface area is 229 Å². The Bertz CT molecular complexity index is 1310. The summed E-state index contributed by atoms with van der Waals surface area (Å²) in [6, 6.07) is 18.4. The van der Waals surface area contributed by atoms with E-state index in [1.54, 1.807) is 20.4 Å². The highest BCUT2D eigenvalue weighted by Crippen LogP contribution is 2.40. The molecular weight excluding hydrogens is 492 g/mol. The van der Waals surface area contributed by atoms with Crippen LogP contribution in [0.25, 0.3) is 0 Å². The molecular formula is C31H36N4O4. The Hall–Kier alpha value is -3.62. The van der Waals surface area contributed by atoms with Gasteiger partial charge in [-0.25, -0.2) is 4.98 Å². The number of amides is 1. The molecule has 204 valence electrons. The van der Waals surface area contributed by atoms with Gasteiger partial charge >= 0.3 is 0 Å². The lowest BCUT2D eigenvalue weighted by atomic mass is 9.86. The fourth-order valence-electron chi connectivity index (χ4n) is 5.97. The zero-order valence-electron chi connectivity index (χ0n) is 22.6. The summed E-state index contributed by atoms with van der Waals surface area (Å²) in [6.45, 7) is 2.64. The average molecular weight is 529 g/mol. The predicted octanol–water partition coefficient (Wildman–Crippen LogP) is 5.46. The first kappa shape index (κ1) is 25.6. The van der Waals surface area contributed by atoms with E-state index in [0.717, 1.165) is 78.5 Å². The third kappa shape index (κ3) is 5.31. The van der Waals surface area contributed by atoms with Crippen LogP contribution in [0.1, 0.15) is 42.9 Å². The van der Waals surface area contributed by atoms with Crippen LogP contribution in [0.2, 0.25) is 0 Å². The molecule has 1 aromatic heterocycles. The average Bonchev–Trinajstić information content (AvgIpc) is 3.17. The molecule has 2 aromatic carbocycles. The van der Waals surface area contributed by atoms with Gasteiger partial charge in [-0.15, -0.1) is 0 Å². The van der Waals surface area contributed by atoms with Gasteiger partial charge in [0.2, 0.25) is 5.91 Å². The first-order valence-corrected chi connectivity index (χ1v) is 13.8. The van der Waals surface area contributed by atoms with Crippen LogP contribution in [0.3, 0.4) is 0 Å². The van der Waals surface area contributed by atoms with E-state index in [0.29, 0.717) is 13.2 Å². The van der Waals surface area contributed by atoms with Crippen molar-refractivity contribution in [3.8, 4) is 5.75 Å². The number of nitrogens with one attached hydrogen (secondary N) is 1. The van der Waals surface area contributed by atoms with Gasteiger partial charge in [0.15, 0.2) is 0 Å². The number of anilines is 4. The number of methoxy groups -OCH3 is 2. The van der Waals surface area contributed by atoms with E-state index in [1.165, 1.54) is 0 Å². The highest BCUT2D eigenvalue weighted by atomic mass is 16.5. The predicted molar refractivity (Wildman–Crippen MR) is 152 cm³/mol. The topological polar surface area (TPSA) is 76.2 Å². The number of pyridine rings is 1. The summed E-state index contributed by atoms with van der Waals surface area (Å²) in [4.78, 5) is 22.9. The van der Waals surface area contributed by atoms with Crippen LogP contribution in [-0.4, -0.2) is 50.9 Å². The number of rotatable bonds is 5. The summed E-state index contributed by atoms with van der Waals surface area (Å²) >= 11 is 0. The number of ether oxygens (including phenoxy) is 3. The molecule has 3 aromatic rings. The second kappa shape index (κ2) is 11.2. The second-order valence-corrected chi connectivity index (χ2v) is 10.5. The van der Waals surface area contributed by atoms with Crippen molar-refractivity contribution in [1.82, 2.24) is 4.98 Å². The van der Waals surface area contributed by atoms with Crippen LogP contribution in [0.4, 0.5) is 22.9 Å². The number of carbonyl (C=O) groups is 1. The number of hydrogen-bond acceptors (Lipinski definition) is 7. The van der Waals surface area contributed by atoms with E-state index >= 15 is 0 Å². The maximum Gasteiger partial charge on any atom is 0.230 e. The molecule has 0 radical (unpaired) electrons. The number of benzene rings is 2. The number of morpholine rings is 1. The van der Waals surface area contributed by atoms with Gasteiger partial charge < -0.3 is 29.3 Å². The van der Waals surface area contributed by atoms with Crippen LogP contribution in [-0.2, 0) is 20.8 Å².